The van der Waals surface area contributed by atoms with E-state index in [0.717, 1.165) is 0 Å². The number of carbonyl (C=O) groups is 2. The van der Waals surface area contributed by atoms with E-state index in [4.69, 9.17) is 0 Å². The largest absolute Gasteiger partial charge is 0.390 e. The van der Waals surface area contributed by atoms with Gasteiger partial charge in [0.25, 0.3) is 5.91 Å². The highest BCUT2D eigenvalue weighted by atomic mass is 16.3. The van der Waals surface area contributed by atoms with Crippen LogP contribution < -0.4 is 5.43 Å². The zero-order valence-corrected chi connectivity index (χ0v) is 9.90. The second kappa shape index (κ2) is 4.44. The average molecular weight is 239 g/mol. The molecule has 17 heavy (non-hydrogen) atoms. The zero-order chi connectivity index (χ0) is 12.5. The minimum Gasteiger partial charge on any atom is -0.390 e. The summed E-state index contributed by atoms with van der Waals surface area (Å²) in [6, 6.07) is 0. The van der Waals surface area contributed by atoms with E-state index in [9.17, 15) is 14.7 Å². The molecule has 2 aliphatic heterocycles. The molecule has 94 valence electrons. The lowest BCUT2D eigenvalue weighted by Crippen LogP contribution is -2.48. The van der Waals surface area contributed by atoms with Gasteiger partial charge in [-0.15, -0.1) is 0 Å². The van der Waals surface area contributed by atoms with Gasteiger partial charge in [0.2, 0.25) is 5.91 Å². The van der Waals surface area contributed by atoms with Crippen molar-refractivity contribution in [2.45, 2.75) is 38.2 Å². The maximum Gasteiger partial charge on any atom is 0.270 e. The average Bonchev–Trinajstić information content (AvgIpc) is 2.29. The van der Waals surface area contributed by atoms with E-state index in [2.05, 4.69) is 10.5 Å². The lowest BCUT2D eigenvalue weighted by atomic mass is 9.93. The molecule has 0 aromatic rings. The van der Waals surface area contributed by atoms with Crippen molar-refractivity contribution in [3.8, 4) is 0 Å². The summed E-state index contributed by atoms with van der Waals surface area (Å²) in [5, 5.41) is 13.6. The first-order valence-corrected chi connectivity index (χ1v) is 5.85. The van der Waals surface area contributed by atoms with Gasteiger partial charge in [0.1, 0.15) is 5.71 Å². The van der Waals surface area contributed by atoms with Gasteiger partial charge in [-0.2, -0.15) is 5.10 Å². The Bertz CT molecular complexity index is 366. The van der Waals surface area contributed by atoms with Crippen molar-refractivity contribution >= 4 is 17.5 Å². The number of piperidine rings is 1. The van der Waals surface area contributed by atoms with E-state index in [1.54, 1.807) is 11.8 Å². The molecule has 2 heterocycles. The number of carbonyl (C=O) groups excluding carboxylic acids is 2. The van der Waals surface area contributed by atoms with Gasteiger partial charge in [-0.05, 0) is 19.8 Å². The van der Waals surface area contributed by atoms with Crippen molar-refractivity contribution in [1.29, 1.82) is 0 Å². The fourth-order valence-corrected chi connectivity index (χ4v) is 2.00. The van der Waals surface area contributed by atoms with E-state index in [1.807, 2.05) is 0 Å². The predicted octanol–water partition coefficient (Wildman–Crippen LogP) is -0.374. The van der Waals surface area contributed by atoms with Crippen LogP contribution in [0, 0.1) is 0 Å². The molecule has 0 spiro atoms. The van der Waals surface area contributed by atoms with Gasteiger partial charge in [0.05, 0.1) is 5.60 Å². The van der Waals surface area contributed by atoms with Crippen LogP contribution in [0.15, 0.2) is 5.10 Å². The van der Waals surface area contributed by atoms with Gasteiger partial charge in [-0.25, -0.2) is 5.43 Å². The Labute approximate surface area is 99.7 Å². The Morgan fingerprint density at radius 2 is 2.06 bits per heavy atom. The summed E-state index contributed by atoms with van der Waals surface area (Å²) >= 11 is 0. The molecule has 2 amide bonds. The van der Waals surface area contributed by atoms with Gasteiger partial charge in [0, 0.05) is 25.9 Å². The quantitative estimate of drug-likeness (QED) is 0.654. The minimum absolute atomic E-state index is 0.125. The van der Waals surface area contributed by atoms with Crippen LogP contribution in [0.1, 0.15) is 32.6 Å². The fraction of sp³-hybridized carbons (Fsp3) is 0.727. The summed E-state index contributed by atoms with van der Waals surface area (Å²) in [6.45, 7) is 2.87. The van der Waals surface area contributed by atoms with Gasteiger partial charge in [-0.3, -0.25) is 9.59 Å². The number of hydrazone groups is 1. The van der Waals surface area contributed by atoms with E-state index >= 15 is 0 Å². The summed E-state index contributed by atoms with van der Waals surface area (Å²) in [5.41, 5.74) is 2.06. The molecule has 0 radical (unpaired) electrons. The van der Waals surface area contributed by atoms with Crippen LogP contribution in [-0.4, -0.2) is 46.2 Å². The van der Waals surface area contributed by atoms with Gasteiger partial charge >= 0.3 is 0 Å². The van der Waals surface area contributed by atoms with Crippen molar-refractivity contribution in [2.24, 2.45) is 5.10 Å². The highest BCUT2D eigenvalue weighted by Gasteiger charge is 2.31. The van der Waals surface area contributed by atoms with Crippen LogP contribution in [-0.2, 0) is 9.59 Å². The van der Waals surface area contributed by atoms with Crippen LogP contribution in [0.25, 0.3) is 0 Å². The predicted molar refractivity (Wildman–Crippen MR) is 61.2 cm³/mol. The first-order valence-electron chi connectivity index (χ1n) is 5.85. The second-order valence-corrected chi connectivity index (χ2v) is 4.88. The third kappa shape index (κ3) is 2.82. The SMILES string of the molecule is CC1(O)CCN(C(=O)C2=NNC(=O)CC2)CC1. The Morgan fingerprint density at radius 3 is 2.59 bits per heavy atom. The van der Waals surface area contributed by atoms with E-state index in [0.29, 0.717) is 44.5 Å². The molecule has 1 saturated heterocycles. The molecule has 2 N–H and O–H groups in total. The standard InChI is InChI=1S/C11H17N3O3/c1-11(17)4-6-14(7-5-11)10(16)8-2-3-9(15)13-12-8/h17H,2-7H2,1H3,(H,13,15). The molecule has 2 rings (SSSR count). The third-order valence-electron chi connectivity index (χ3n) is 3.28. The number of rotatable bonds is 1. The van der Waals surface area contributed by atoms with Crippen molar-refractivity contribution < 1.29 is 14.7 Å². The molecular weight excluding hydrogens is 222 g/mol. The van der Waals surface area contributed by atoms with Crippen LogP contribution in [0.3, 0.4) is 0 Å². The molecule has 0 bridgehead atoms. The Hall–Kier alpha value is -1.43. The van der Waals surface area contributed by atoms with Crippen molar-refractivity contribution in [3.63, 3.8) is 0 Å². The fourth-order valence-electron chi connectivity index (χ4n) is 2.00. The molecule has 2 aliphatic rings. The smallest absolute Gasteiger partial charge is 0.270 e. The summed E-state index contributed by atoms with van der Waals surface area (Å²) in [4.78, 5) is 24.6. The van der Waals surface area contributed by atoms with Gasteiger partial charge < -0.3 is 10.0 Å². The Balaban J connectivity index is 1.95. The second-order valence-electron chi connectivity index (χ2n) is 4.88. The summed E-state index contributed by atoms with van der Waals surface area (Å²) in [7, 11) is 0. The number of nitrogens with zero attached hydrogens (tertiary/aromatic N) is 2. The van der Waals surface area contributed by atoms with Crippen molar-refractivity contribution in [1.82, 2.24) is 10.3 Å². The summed E-state index contributed by atoms with van der Waals surface area (Å²) in [6.07, 6.45) is 1.88. The van der Waals surface area contributed by atoms with Crippen LogP contribution >= 0.6 is 0 Å². The molecule has 0 aromatic carbocycles. The normalized spacial score (nSPS) is 24.0. The van der Waals surface area contributed by atoms with Crippen LogP contribution in [0.2, 0.25) is 0 Å². The first kappa shape index (κ1) is 12.0. The molecule has 0 aromatic heterocycles. The summed E-state index contributed by atoms with van der Waals surface area (Å²) in [5.74, 6) is -0.274. The summed E-state index contributed by atoms with van der Waals surface area (Å²) < 4.78 is 0. The lowest BCUT2D eigenvalue weighted by Gasteiger charge is -2.36. The van der Waals surface area contributed by atoms with E-state index in [1.165, 1.54) is 0 Å². The monoisotopic (exact) mass is 239 g/mol. The zero-order valence-electron chi connectivity index (χ0n) is 9.90. The number of hydrogen-bond acceptors (Lipinski definition) is 4. The van der Waals surface area contributed by atoms with Crippen molar-refractivity contribution in [3.05, 3.63) is 0 Å². The van der Waals surface area contributed by atoms with Crippen LogP contribution in [0.4, 0.5) is 0 Å². The van der Waals surface area contributed by atoms with E-state index in [-0.39, 0.29) is 11.8 Å². The van der Waals surface area contributed by atoms with Crippen molar-refractivity contribution in [2.75, 3.05) is 13.1 Å². The number of hydrogen-bond donors (Lipinski definition) is 2. The topological polar surface area (TPSA) is 82.0 Å². The molecule has 0 atom stereocenters. The molecular formula is C11H17N3O3. The molecule has 0 aliphatic carbocycles. The van der Waals surface area contributed by atoms with Gasteiger partial charge in [-0.1, -0.05) is 0 Å². The molecule has 1 fully saturated rings. The molecule has 0 saturated carbocycles. The first-order chi connectivity index (χ1) is 7.98. The minimum atomic E-state index is -0.667. The number of amides is 2. The molecule has 6 nitrogen and oxygen atoms in total. The third-order valence-corrected chi connectivity index (χ3v) is 3.28. The maximum atomic E-state index is 12.0. The van der Waals surface area contributed by atoms with Crippen LogP contribution in [0.5, 0.6) is 0 Å². The molecule has 6 heteroatoms. The maximum absolute atomic E-state index is 12.0. The Kier molecular flexibility index (Phi) is 3.15. The number of likely N-dealkylation sites (tertiary alicyclic amines) is 1. The Morgan fingerprint density at radius 1 is 1.41 bits per heavy atom. The number of nitrogens with one attached hydrogen (secondary N) is 1. The van der Waals surface area contributed by atoms with E-state index < -0.39 is 5.60 Å². The highest BCUT2D eigenvalue weighted by molar-refractivity contribution is 6.39. The number of aliphatic hydroxyl groups is 1. The highest BCUT2D eigenvalue weighted by Crippen LogP contribution is 2.21. The molecule has 0 unspecified atom stereocenters. The van der Waals surface area contributed by atoms with Gasteiger partial charge in [0.15, 0.2) is 0 Å². The lowest BCUT2D eigenvalue weighted by molar-refractivity contribution is -0.128.